The van der Waals surface area contributed by atoms with Crippen molar-refractivity contribution in [3.8, 4) is 5.75 Å². The number of nitrogens with zero attached hydrogens (tertiary/aromatic N) is 1. The van der Waals surface area contributed by atoms with Crippen LogP contribution in [0.2, 0.25) is 0 Å². The zero-order chi connectivity index (χ0) is 17.4. The molecule has 2 rings (SSSR count). The summed E-state index contributed by atoms with van der Waals surface area (Å²) in [6, 6.07) is 17.0. The third-order valence-electron chi connectivity index (χ3n) is 3.61. The van der Waals surface area contributed by atoms with Gasteiger partial charge in [0.05, 0.1) is 0 Å². The van der Waals surface area contributed by atoms with Gasteiger partial charge in [-0.05, 0) is 36.6 Å². The highest BCUT2D eigenvalue weighted by Crippen LogP contribution is 2.15. The number of carbonyl (C=O) groups excluding carboxylic acids is 2. The Hall–Kier alpha value is -2.82. The zero-order valence-electron chi connectivity index (χ0n) is 13.8. The van der Waals surface area contributed by atoms with Gasteiger partial charge in [-0.1, -0.05) is 36.4 Å². The summed E-state index contributed by atoms with van der Waals surface area (Å²) >= 11 is 0. The summed E-state index contributed by atoms with van der Waals surface area (Å²) in [5.74, 6) is -0.172. The van der Waals surface area contributed by atoms with E-state index < -0.39 is 5.91 Å². The second kappa shape index (κ2) is 8.72. The molecule has 5 heteroatoms. The molecule has 24 heavy (non-hydrogen) atoms. The van der Waals surface area contributed by atoms with Gasteiger partial charge >= 0.3 is 0 Å². The quantitative estimate of drug-likeness (QED) is 0.809. The van der Waals surface area contributed by atoms with Gasteiger partial charge in [-0.25, -0.2) is 0 Å². The molecule has 2 aromatic rings. The van der Waals surface area contributed by atoms with Crippen molar-refractivity contribution in [1.82, 2.24) is 4.90 Å². The third kappa shape index (κ3) is 5.43. The normalized spacial score (nSPS) is 10.2. The van der Waals surface area contributed by atoms with Crippen molar-refractivity contribution in [1.29, 1.82) is 0 Å². The number of hydrogen-bond donors (Lipinski definition) is 1. The van der Waals surface area contributed by atoms with Crippen LogP contribution < -0.4 is 10.5 Å². The Morgan fingerprint density at radius 1 is 1.08 bits per heavy atom. The molecule has 2 N–H and O–H groups in total. The van der Waals surface area contributed by atoms with Crippen LogP contribution in [0.4, 0.5) is 0 Å². The topological polar surface area (TPSA) is 72.6 Å². The van der Waals surface area contributed by atoms with Crippen LogP contribution in [0.5, 0.6) is 5.75 Å². The van der Waals surface area contributed by atoms with Gasteiger partial charge in [-0.2, -0.15) is 0 Å². The van der Waals surface area contributed by atoms with Crippen LogP contribution in [0.1, 0.15) is 22.3 Å². The molecule has 0 radical (unpaired) electrons. The smallest absolute Gasteiger partial charge is 0.255 e. The fraction of sp³-hybridized carbons (Fsp3) is 0.263. The minimum absolute atomic E-state index is 0.0763. The van der Waals surface area contributed by atoms with Crippen molar-refractivity contribution >= 4 is 11.8 Å². The molecule has 0 heterocycles. The lowest BCUT2D eigenvalue weighted by Gasteiger charge is -2.17. The summed E-state index contributed by atoms with van der Waals surface area (Å²) in [6.45, 7) is 0.463. The number of benzene rings is 2. The van der Waals surface area contributed by atoms with E-state index in [-0.39, 0.29) is 12.5 Å². The van der Waals surface area contributed by atoms with Crippen LogP contribution in [0, 0.1) is 0 Å². The predicted molar refractivity (Wildman–Crippen MR) is 92.9 cm³/mol. The maximum atomic E-state index is 12.5. The van der Waals surface area contributed by atoms with E-state index in [1.165, 1.54) is 5.56 Å². The number of aryl methyl sites for hydroxylation is 1. The Bertz CT molecular complexity index is 686. The molecule has 2 aromatic carbocycles. The maximum Gasteiger partial charge on any atom is 0.255 e. The molecule has 0 aliphatic rings. The number of nitrogens with two attached hydrogens (primary N) is 1. The third-order valence-corrected chi connectivity index (χ3v) is 3.61. The highest BCUT2D eigenvalue weighted by atomic mass is 16.5. The summed E-state index contributed by atoms with van der Waals surface area (Å²) in [4.78, 5) is 24.9. The Morgan fingerprint density at radius 3 is 2.54 bits per heavy atom. The Kier molecular flexibility index (Phi) is 6.37. The molecule has 0 spiro atoms. The van der Waals surface area contributed by atoms with Crippen molar-refractivity contribution in [2.45, 2.75) is 12.8 Å². The molecule has 0 fully saturated rings. The molecule has 0 bridgehead atoms. The van der Waals surface area contributed by atoms with Crippen LogP contribution in [0.25, 0.3) is 0 Å². The summed E-state index contributed by atoms with van der Waals surface area (Å²) < 4.78 is 5.23. The Morgan fingerprint density at radius 2 is 1.83 bits per heavy atom. The first-order chi connectivity index (χ1) is 11.6. The summed E-state index contributed by atoms with van der Waals surface area (Å²) in [7, 11) is 1.78. The Balaban J connectivity index is 1.88. The standard InChI is InChI=1S/C19H22N2O3/c1-21(12-6-9-15-7-3-2-4-8-15)19(23)16-10-5-11-17(13-16)24-14-18(20)22/h2-5,7-8,10-11,13H,6,9,12,14H2,1H3,(H2,20,22). The molecule has 126 valence electrons. The van der Waals surface area contributed by atoms with Gasteiger partial charge in [0, 0.05) is 19.2 Å². The summed E-state index contributed by atoms with van der Waals surface area (Å²) in [5, 5.41) is 0. The van der Waals surface area contributed by atoms with E-state index in [0.29, 0.717) is 17.9 Å². The molecular formula is C19H22N2O3. The highest BCUT2D eigenvalue weighted by Gasteiger charge is 2.12. The van der Waals surface area contributed by atoms with Crippen molar-refractivity contribution in [3.05, 3.63) is 65.7 Å². The summed E-state index contributed by atoms with van der Waals surface area (Å²) in [5.41, 5.74) is 6.84. The van der Waals surface area contributed by atoms with E-state index in [4.69, 9.17) is 10.5 Å². The van der Waals surface area contributed by atoms with Crippen LogP contribution in [-0.4, -0.2) is 36.9 Å². The largest absolute Gasteiger partial charge is 0.484 e. The Labute approximate surface area is 142 Å². The molecule has 0 aromatic heterocycles. The minimum atomic E-state index is -0.551. The molecule has 0 saturated heterocycles. The number of rotatable bonds is 8. The van der Waals surface area contributed by atoms with Gasteiger partial charge in [-0.15, -0.1) is 0 Å². The van der Waals surface area contributed by atoms with Crippen molar-refractivity contribution in [2.75, 3.05) is 20.2 Å². The number of primary amides is 1. The van der Waals surface area contributed by atoms with Gasteiger partial charge in [0.15, 0.2) is 6.61 Å². The molecule has 0 aliphatic carbocycles. The van der Waals surface area contributed by atoms with E-state index in [1.807, 2.05) is 18.2 Å². The van der Waals surface area contributed by atoms with Crippen molar-refractivity contribution < 1.29 is 14.3 Å². The van der Waals surface area contributed by atoms with E-state index in [0.717, 1.165) is 12.8 Å². The number of carbonyl (C=O) groups is 2. The number of amides is 2. The first-order valence-electron chi connectivity index (χ1n) is 7.87. The highest BCUT2D eigenvalue weighted by molar-refractivity contribution is 5.94. The second-order valence-electron chi connectivity index (χ2n) is 5.60. The maximum absolute atomic E-state index is 12.5. The molecule has 0 saturated carbocycles. The lowest BCUT2D eigenvalue weighted by molar-refractivity contribution is -0.119. The van der Waals surface area contributed by atoms with Gasteiger partial charge in [0.25, 0.3) is 11.8 Å². The molecular weight excluding hydrogens is 304 g/mol. The first kappa shape index (κ1) is 17.5. The molecule has 5 nitrogen and oxygen atoms in total. The van der Waals surface area contributed by atoms with E-state index in [1.54, 1.807) is 36.2 Å². The van der Waals surface area contributed by atoms with Gasteiger partial charge in [0.2, 0.25) is 0 Å². The first-order valence-corrected chi connectivity index (χ1v) is 7.87. The average Bonchev–Trinajstić information content (AvgIpc) is 2.60. The van der Waals surface area contributed by atoms with Crippen LogP contribution in [0.3, 0.4) is 0 Å². The summed E-state index contributed by atoms with van der Waals surface area (Å²) in [6.07, 6.45) is 1.82. The molecule has 0 aliphatic heterocycles. The van der Waals surface area contributed by atoms with Crippen molar-refractivity contribution in [2.24, 2.45) is 5.73 Å². The van der Waals surface area contributed by atoms with Gasteiger partial charge < -0.3 is 15.4 Å². The monoisotopic (exact) mass is 326 g/mol. The fourth-order valence-electron chi connectivity index (χ4n) is 2.36. The lowest BCUT2D eigenvalue weighted by atomic mass is 10.1. The predicted octanol–water partition coefficient (Wildman–Crippen LogP) is 2.26. The van der Waals surface area contributed by atoms with Crippen LogP contribution in [-0.2, 0) is 11.2 Å². The molecule has 2 amide bonds. The molecule has 0 atom stereocenters. The van der Waals surface area contributed by atoms with E-state index in [9.17, 15) is 9.59 Å². The number of ether oxygens (including phenoxy) is 1. The average molecular weight is 326 g/mol. The minimum Gasteiger partial charge on any atom is -0.484 e. The van der Waals surface area contributed by atoms with Gasteiger partial charge in [0.1, 0.15) is 5.75 Å². The second-order valence-corrected chi connectivity index (χ2v) is 5.60. The molecule has 0 unspecified atom stereocenters. The van der Waals surface area contributed by atoms with Crippen molar-refractivity contribution in [3.63, 3.8) is 0 Å². The number of hydrogen-bond acceptors (Lipinski definition) is 3. The lowest BCUT2D eigenvalue weighted by Crippen LogP contribution is -2.28. The van der Waals surface area contributed by atoms with E-state index in [2.05, 4.69) is 12.1 Å². The SMILES string of the molecule is CN(CCCc1ccccc1)C(=O)c1cccc(OCC(N)=O)c1. The van der Waals surface area contributed by atoms with Gasteiger partial charge in [-0.3, -0.25) is 9.59 Å². The van der Waals surface area contributed by atoms with Crippen LogP contribution in [0.15, 0.2) is 54.6 Å². The fourth-order valence-corrected chi connectivity index (χ4v) is 2.36. The van der Waals surface area contributed by atoms with E-state index >= 15 is 0 Å². The zero-order valence-corrected chi connectivity index (χ0v) is 13.8. The van der Waals surface area contributed by atoms with Crippen LogP contribution >= 0.6 is 0 Å².